The summed E-state index contributed by atoms with van der Waals surface area (Å²) >= 11 is 0. The number of halogens is 1. The van der Waals surface area contributed by atoms with Crippen LogP contribution in [0.5, 0.6) is 17.2 Å². The fourth-order valence-electron chi connectivity index (χ4n) is 3.92. The van der Waals surface area contributed by atoms with Gasteiger partial charge in [-0.2, -0.15) is 0 Å². The fourth-order valence-corrected chi connectivity index (χ4v) is 3.92. The molecule has 0 spiro atoms. The average Bonchev–Trinajstić information content (AvgIpc) is 2.84. The van der Waals surface area contributed by atoms with Crippen LogP contribution >= 0.6 is 0 Å². The minimum Gasteiger partial charge on any atom is -1.00 e. The molecule has 3 aromatic rings. The number of benzene rings is 3. The number of rotatable bonds is 13. The third-order valence-electron chi connectivity index (χ3n) is 5.80. The first-order chi connectivity index (χ1) is 16.9. The molecule has 0 radical (unpaired) electrons. The van der Waals surface area contributed by atoms with E-state index in [-0.39, 0.29) is 49.0 Å². The van der Waals surface area contributed by atoms with Crippen LogP contribution in [0.25, 0.3) is 11.1 Å². The fraction of sp³-hybridized carbons (Fsp3) is 0.345. The Kier molecular flexibility index (Phi) is 12.3. The van der Waals surface area contributed by atoms with Crippen LogP contribution in [0, 0.1) is 5.82 Å². The van der Waals surface area contributed by atoms with Crippen LogP contribution in [-0.4, -0.2) is 29.4 Å². The van der Waals surface area contributed by atoms with Gasteiger partial charge in [0.2, 0.25) is 0 Å². The summed E-state index contributed by atoms with van der Waals surface area (Å²) in [5, 5.41) is 19.5. The second kappa shape index (κ2) is 14.9. The van der Waals surface area contributed by atoms with Gasteiger partial charge in [-0.15, -0.1) is 0 Å². The quantitative estimate of drug-likeness (QED) is 0.274. The van der Waals surface area contributed by atoms with E-state index in [0.717, 1.165) is 47.3 Å². The number of aromatic hydroxyl groups is 1. The van der Waals surface area contributed by atoms with Crippen molar-refractivity contribution in [3.63, 3.8) is 0 Å². The van der Waals surface area contributed by atoms with E-state index in [0.29, 0.717) is 37.4 Å². The van der Waals surface area contributed by atoms with Gasteiger partial charge in [-0.25, -0.2) is 4.39 Å². The maximum atomic E-state index is 13.3. The maximum absolute atomic E-state index is 13.3. The number of hydrogen-bond acceptors (Lipinski definition) is 4. The Hall–Kier alpha value is -2.54. The van der Waals surface area contributed by atoms with E-state index in [1.165, 1.54) is 12.1 Å². The number of carboxylic acids is 1. The molecular formula is C29H34FNaO5. The smallest absolute Gasteiger partial charge is 1.00 e. The minimum atomic E-state index is -0.814. The molecule has 0 aliphatic carbocycles. The molecule has 0 saturated carbocycles. The summed E-state index contributed by atoms with van der Waals surface area (Å²) < 4.78 is 25.2. The van der Waals surface area contributed by atoms with E-state index in [9.17, 15) is 14.3 Å². The number of aryl methyl sites for hydroxylation is 3. The largest absolute Gasteiger partial charge is 1.00 e. The zero-order valence-corrected chi connectivity index (χ0v) is 23.4. The van der Waals surface area contributed by atoms with Gasteiger partial charge < -0.3 is 21.1 Å². The van der Waals surface area contributed by atoms with E-state index in [1.807, 2.05) is 31.2 Å². The van der Waals surface area contributed by atoms with Crippen LogP contribution in [0.4, 0.5) is 4.39 Å². The van der Waals surface area contributed by atoms with Crippen molar-refractivity contribution in [2.45, 2.75) is 52.4 Å². The average molecular weight is 505 g/mol. The molecular weight excluding hydrogens is 470 g/mol. The van der Waals surface area contributed by atoms with Crippen LogP contribution in [0.3, 0.4) is 0 Å². The Labute approximate surface area is 236 Å². The van der Waals surface area contributed by atoms with Gasteiger partial charge in [-0.05, 0) is 65.8 Å². The molecule has 0 aliphatic heterocycles. The summed E-state index contributed by atoms with van der Waals surface area (Å²) in [7, 11) is 0. The van der Waals surface area contributed by atoms with Crippen molar-refractivity contribution in [2.24, 2.45) is 0 Å². The zero-order valence-electron chi connectivity index (χ0n) is 22.4. The van der Waals surface area contributed by atoms with Crippen molar-refractivity contribution in [3.8, 4) is 28.4 Å². The van der Waals surface area contributed by atoms with Crippen LogP contribution < -0.4 is 39.0 Å². The molecule has 0 bridgehead atoms. The number of ether oxygens (including phenoxy) is 2. The van der Waals surface area contributed by atoms with Crippen molar-refractivity contribution in [2.75, 3.05) is 13.2 Å². The number of carboxylic acid groups (broad SMARTS) is 1. The minimum absolute atomic E-state index is 0. The molecule has 5 nitrogen and oxygen atoms in total. The van der Waals surface area contributed by atoms with E-state index in [1.54, 1.807) is 18.2 Å². The molecule has 0 atom stereocenters. The van der Waals surface area contributed by atoms with Crippen LogP contribution in [-0.2, 0) is 24.1 Å². The molecule has 0 unspecified atom stereocenters. The van der Waals surface area contributed by atoms with Crippen molar-refractivity contribution in [1.82, 2.24) is 0 Å². The second-order valence-corrected chi connectivity index (χ2v) is 8.47. The molecule has 7 heteroatoms. The molecule has 0 saturated heterocycles. The van der Waals surface area contributed by atoms with E-state index in [4.69, 9.17) is 14.6 Å². The number of phenols is 1. The standard InChI is InChI=1S/C29H33FO5.Na.H/c1-3-6-23-9-7-20(8-14-29(32)33)17-27(23)34-15-5-16-35-28-19-26(31)25(18-21(28)4-2)22-10-12-24(30)13-11-22;;/h7,9-13,17-19,31H,3-6,8,14-16H2,1-2H3,(H,32,33);;/q;+1;-1. The number of phenolic OH excluding ortho intramolecular Hbond substituents is 1. The SMILES string of the molecule is CCCc1ccc(CCC(=O)O)cc1OCCCOc1cc(O)c(-c2ccc(F)cc2)cc1CC.[H-].[Na+]. The van der Waals surface area contributed by atoms with Crippen LogP contribution in [0.2, 0.25) is 0 Å². The van der Waals surface area contributed by atoms with Crippen molar-refractivity contribution < 1.29 is 59.9 Å². The van der Waals surface area contributed by atoms with Gasteiger partial charge in [-0.3, -0.25) is 4.79 Å². The summed E-state index contributed by atoms with van der Waals surface area (Å²) in [6, 6.07) is 15.5. The van der Waals surface area contributed by atoms with Gasteiger partial charge in [0.1, 0.15) is 23.1 Å². The summed E-state index contributed by atoms with van der Waals surface area (Å²) in [6.45, 7) is 5.01. The molecule has 2 N–H and O–H groups in total. The topological polar surface area (TPSA) is 76.0 Å². The van der Waals surface area contributed by atoms with Gasteiger partial charge in [0.05, 0.1) is 13.2 Å². The third kappa shape index (κ3) is 8.54. The Morgan fingerprint density at radius 1 is 0.917 bits per heavy atom. The van der Waals surface area contributed by atoms with Gasteiger partial charge in [0.15, 0.2) is 0 Å². The molecule has 0 aromatic heterocycles. The summed E-state index contributed by atoms with van der Waals surface area (Å²) in [6.07, 6.45) is 3.82. The molecule has 3 aromatic carbocycles. The second-order valence-electron chi connectivity index (χ2n) is 8.47. The number of carbonyl (C=O) groups is 1. The van der Waals surface area contributed by atoms with E-state index < -0.39 is 5.97 Å². The van der Waals surface area contributed by atoms with Gasteiger partial charge in [-0.1, -0.05) is 44.5 Å². The molecule has 188 valence electrons. The molecule has 0 fully saturated rings. The summed E-state index contributed by atoms with van der Waals surface area (Å²) in [5.74, 6) is 0.372. The molecule has 0 amide bonds. The predicted molar refractivity (Wildman–Crippen MR) is 136 cm³/mol. The van der Waals surface area contributed by atoms with Crippen molar-refractivity contribution in [1.29, 1.82) is 0 Å². The molecule has 3 rings (SSSR count). The maximum Gasteiger partial charge on any atom is 1.00 e. The van der Waals surface area contributed by atoms with E-state index in [2.05, 4.69) is 6.92 Å². The Morgan fingerprint density at radius 2 is 1.58 bits per heavy atom. The van der Waals surface area contributed by atoms with Crippen LogP contribution in [0.15, 0.2) is 54.6 Å². The monoisotopic (exact) mass is 504 g/mol. The predicted octanol–water partition coefficient (Wildman–Crippen LogP) is 3.69. The zero-order chi connectivity index (χ0) is 25.2. The normalized spacial score (nSPS) is 10.5. The number of aliphatic carboxylic acids is 1. The third-order valence-corrected chi connectivity index (χ3v) is 5.80. The first-order valence-corrected chi connectivity index (χ1v) is 12.1. The molecule has 0 heterocycles. The summed E-state index contributed by atoms with van der Waals surface area (Å²) in [4.78, 5) is 10.9. The van der Waals surface area contributed by atoms with Crippen LogP contribution in [0.1, 0.15) is 51.2 Å². The van der Waals surface area contributed by atoms with Crippen molar-refractivity contribution in [3.05, 3.63) is 77.1 Å². The number of hydrogen-bond donors (Lipinski definition) is 2. The molecule has 0 aliphatic rings. The Balaban J connectivity index is 0.00000342. The molecule has 36 heavy (non-hydrogen) atoms. The van der Waals surface area contributed by atoms with Gasteiger partial charge >= 0.3 is 35.5 Å². The first-order valence-electron chi connectivity index (χ1n) is 12.1. The Bertz CT molecular complexity index is 1140. The van der Waals surface area contributed by atoms with Gasteiger partial charge in [0, 0.05) is 24.5 Å². The van der Waals surface area contributed by atoms with Crippen molar-refractivity contribution >= 4 is 5.97 Å². The Morgan fingerprint density at radius 3 is 2.19 bits per heavy atom. The van der Waals surface area contributed by atoms with Gasteiger partial charge in [0.25, 0.3) is 0 Å². The first kappa shape index (κ1) is 29.7. The summed E-state index contributed by atoms with van der Waals surface area (Å²) in [5.41, 5.74) is 4.40. The van der Waals surface area contributed by atoms with E-state index >= 15 is 0 Å².